The summed E-state index contributed by atoms with van der Waals surface area (Å²) in [6.07, 6.45) is -0.679. The second-order valence-corrected chi connectivity index (χ2v) is 5.63. The van der Waals surface area contributed by atoms with E-state index in [4.69, 9.17) is 0 Å². The van der Waals surface area contributed by atoms with Crippen LogP contribution in [0.3, 0.4) is 0 Å². The maximum atomic E-state index is 13.6. The van der Waals surface area contributed by atoms with E-state index in [0.29, 0.717) is 22.3 Å². The lowest BCUT2D eigenvalue weighted by Gasteiger charge is -2.10. The standard InChI is InChI=1S/C18H13F4N3O/c1-3-16(26)24-11-7-12-13(9-25(2)17(12)23-8-11)10-4-5-15(19)14(6-10)18(20,21)22/h3-9H,1H2,2H3,(H,24,26). The molecule has 0 aliphatic rings. The third-order valence-corrected chi connectivity index (χ3v) is 3.85. The van der Waals surface area contributed by atoms with Gasteiger partial charge in [0.05, 0.1) is 17.4 Å². The van der Waals surface area contributed by atoms with E-state index < -0.39 is 23.5 Å². The number of rotatable bonds is 3. The fraction of sp³-hybridized carbons (Fsp3) is 0.111. The molecule has 0 bridgehead atoms. The normalized spacial score (nSPS) is 11.6. The fourth-order valence-corrected chi connectivity index (χ4v) is 2.66. The second kappa shape index (κ2) is 6.29. The van der Waals surface area contributed by atoms with Crippen molar-refractivity contribution in [2.75, 3.05) is 5.32 Å². The van der Waals surface area contributed by atoms with Gasteiger partial charge in [-0.15, -0.1) is 0 Å². The quantitative estimate of drug-likeness (QED) is 0.549. The molecule has 0 saturated heterocycles. The number of benzene rings is 1. The Bertz CT molecular complexity index is 1020. The van der Waals surface area contributed by atoms with E-state index >= 15 is 0 Å². The van der Waals surface area contributed by atoms with Gasteiger partial charge in [0.15, 0.2) is 0 Å². The molecular formula is C18H13F4N3O. The summed E-state index contributed by atoms with van der Waals surface area (Å²) in [5.41, 5.74) is 0.173. The van der Waals surface area contributed by atoms with Gasteiger partial charge in [0.2, 0.25) is 5.91 Å². The van der Waals surface area contributed by atoms with Gasteiger partial charge in [-0.3, -0.25) is 4.79 Å². The largest absolute Gasteiger partial charge is 0.419 e. The highest BCUT2D eigenvalue weighted by atomic mass is 19.4. The first-order valence-electron chi connectivity index (χ1n) is 7.46. The summed E-state index contributed by atoms with van der Waals surface area (Å²) in [5.74, 6) is -1.77. The average molecular weight is 363 g/mol. The van der Waals surface area contributed by atoms with E-state index in [1.165, 1.54) is 12.3 Å². The Hall–Kier alpha value is -3.16. The van der Waals surface area contributed by atoms with Crippen LogP contribution in [0, 0.1) is 5.82 Å². The third kappa shape index (κ3) is 3.17. The molecule has 0 saturated carbocycles. The number of hydrogen-bond acceptors (Lipinski definition) is 2. The maximum absolute atomic E-state index is 13.6. The van der Waals surface area contributed by atoms with Gasteiger partial charge in [0.1, 0.15) is 11.5 Å². The van der Waals surface area contributed by atoms with Gasteiger partial charge < -0.3 is 9.88 Å². The number of pyridine rings is 1. The average Bonchev–Trinajstić information content (AvgIpc) is 2.90. The first-order chi connectivity index (χ1) is 12.2. The number of fused-ring (bicyclic) bond motifs is 1. The van der Waals surface area contributed by atoms with Crippen LogP contribution >= 0.6 is 0 Å². The van der Waals surface area contributed by atoms with Crippen LogP contribution in [-0.2, 0) is 18.0 Å². The Kier molecular flexibility index (Phi) is 4.27. The molecule has 0 aliphatic carbocycles. The van der Waals surface area contributed by atoms with Crippen LogP contribution in [0.15, 0.2) is 49.3 Å². The molecule has 0 spiro atoms. The molecule has 26 heavy (non-hydrogen) atoms. The molecule has 134 valence electrons. The zero-order chi connectivity index (χ0) is 19.1. The van der Waals surface area contributed by atoms with Gasteiger partial charge in [-0.05, 0) is 29.8 Å². The molecule has 0 radical (unpaired) electrons. The summed E-state index contributed by atoms with van der Waals surface area (Å²) in [4.78, 5) is 15.7. The molecule has 2 aromatic heterocycles. The molecule has 3 rings (SSSR count). The smallest absolute Gasteiger partial charge is 0.335 e. The predicted molar refractivity (Wildman–Crippen MR) is 89.9 cm³/mol. The predicted octanol–water partition coefficient (Wildman–Crippen LogP) is 4.52. The lowest BCUT2D eigenvalue weighted by atomic mass is 10.0. The SMILES string of the molecule is C=CC(=O)Nc1cnc2c(c1)c(-c1ccc(F)c(C(F)(F)F)c1)cn2C. The maximum Gasteiger partial charge on any atom is 0.419 e. The number of aromatic nitrogens is 2. The van der Waals surface area contributed by atoms with Gasteiger partial charge in [-0.1, -0.05) is 12.6 Å². The summed E-state index contributed by atoms with van der Waals surface area (Å²) in [5, 5.41) is 3.07. The number of carbonyl (C=O) groups excluding carboxylic acids is 1. The number of hydrogen-bond donors (Lipinski definition) is 1. The number of anilines is 1. The van der Waals surface area contributed by atoms with E-state index in [1.807, 2.05) is 0 Å². The topological polar surface area (TPSA) is 46.9 Å². The molecule has 8 heteroatoms. The summed E-state index contributed by atoms with van der Waals surface area (Å²) in [6.45, 7) is 3.35. The van der Waals surface area contributed by atoms with E-state index in [0.717, 1.165) is 18.2 Å². The number of halogens is 4. The Morgan fingerprint density at radius 1 is 1.31 bits per heavy atom. The van der Waals surface area contributed by atoms with Crippen molar-refractivity contribution >= 4 is 22.6 Å². The molecule has 0 aliphatic heterocycles. The number of amides is 1. The van der Waals surface area contributed by atoms with Crippen molar-refractivity contribution in [2.24, 2.45) is 7.05 Å². The van der Waals surface area contributed by atoms with Crippen LogP contribution in [0.1, 0.15) is 5.56 Å². The molecule has 0 unspecified atom stereocenters. The molecule has 0 fully saturated rings. The lowest BCUT2D eigenvalue weighted by molar-refractivity contribution is -0.139. The Labute approximate surface area is 145 Å². The van der Waals surface area contributed by atoms with Gasteiger partial charge in [-0.25, -0.2) is 9.37 Å². The van der Waals surface area contributed by atoms with Crippen molar-refractivity contribution in [1.29, 1.82) is 0 Å². The second-order valence-electron chi connectivity index (χ2n) is 5.63. The van der Waals surface area contributed by atoms with Crippen molar-refractivity contribution in [1.82, 2.24) is 9.55 Å². The van der Waals surface area contributed by atoms with Crippen molar-refractivity contribution in [3.8, 4) is 11.1 Å². The van der Waals surface area contributed by atoms with Gasteiger partial charge in [0.25, 0.3) is 0 Å². The summed E-state index contributed by atoms with van der Waals surface area (Å²) < 4.78 is 54.2. The third-order valence-electron chi connectivity index (χ3n) is 3.85. The van der Waals surface area contributed by atoms with E-state index in [1.54, 1.807) is 23.9 Å². The van der Waals surface area contributed by atoms with E-state index in [9.17, 15) is 22.4 Å². The van der Waals surface area contributed by atoms with Gasteiger partial charge in [0, 0.05) is 24.2 Å². The van der Waals surface area contributed by atoms with E-state index in [-0.39, 0.29) is 5.56 Å². The Morgan fingerprint density at radius 3 is 2.69 bits per heavy atom. The number of carbonyl (C=O) groups is 1. The van der Waals surface area contributed by atoms with Gasteiger partial charge >= 0.3 is 6.18 Å². The van der Waals surface area contributed by atoms with Crippen LogP contribution in [0.5, 0.6) is 0 Å². The van der Waals surface area contributed by atoms with Crippen LogP contribution < -0.4 is 5.32 Å². The van der Waals surface area contributed by atoms with Crippen LogP contribution in [0.25, 0.3) is 22.2 Å². The molecule has 1 aromatic carbocycles. The Morgan fingerprint density at radius 2 is 2.04 bits per heavy atom. The zero-order valence-corrected chi connectivity index (χ0v) is 13.6. The highest BCUT2D eigenvalue weighted by Crippen LogP contribution is 2.37. The van der Waals surface area contributed by atoms with Crippen LogP contribution in [0.2, 0.25) is 0 Å². The minimum atomic E-state index is -4.80. The molecule has 4 nitrogen and oxygen atoms in total. The summed E-state index contributed by atoms with van der Waals surface area (Å²) in [6, 6.07) is 4.41. The molecule has 2 heterocycles. The van der Waals surface area contributed by atoms with Crippen LogP contribution in [0.4, 0.5) is 23.2 Å². The zero-order valence-electron chi connectivity index (χ0n) is 13.6. The van der Waals surface area contributed by atoms with Crippen LogP contribution in [-0.4, -0.2) is 15.5 Å². The molecule has 3 aromatic rings. The number of nitrogens with zero attached hydrogens (tertiary/aromatic N) is 2. The van der Waals surface area contributed by atoms with E-state index in [2.05, 4.69) is 16.9 Å². The van der Waals surface area contributed by atoms with Crippen molar-refractivity contribution < 1.29 is 22.4 Å². The number of aryl methyl sites for hydroxylation is 1. The van der Waals surface area contributed by atoms with Crippen molar-refractivity contribution in [2.45, 2.75) is 6.18 Å². The minimum Gasteiger partial charge on any atom is -0.335 e. The Balaban J connectivity index is 2.17. The number of nitrogens with one attached hydrogen (secondary N) is 1. The minimum absolute atomic E-state index is 0.193. The fourth-order valence-electron chi connectivity index (χ4n) is 2.66. The molecule has 1 N–H and O–H groups in total. The summed E-state index contributed by atoms with van der Waals surface area (Å²) >= 11 is 0. The van der Waals surface area contributed by atoms with Crippen molar-refractivity contribution in [3.63, 3.8) is 0 Å². The first-order valence-corrected chi connectivity index (χ1v) is 7.46. The van der Waals surface area contributed by atoms with Gasteiger partial charge in [-0.2, -0.15) is 13.2 Å². The molecular weight excluding hydrogens is 350 g/mol. The molecule has 0 atom stereocenters. The highest BCUT2D eigenvalue weighted by Gasteiger charge is 2.34. The number of alkyl halides is 3. The lowest BCUT2D eigenvalue weighted by Crippen LogP contribution is -2.08. The first kappa shape index (κ1) is 17.7. The molecule has 1 amide bonds. The summed E-state index contributed by atoms with van der Waals surface area (Å²) in [7, 11) is 1.69. The van der Waals surface area contributed by atoms with Crippen molar-refractivity contribution in [3.05, 3.63) is 60.7 Å². The highest BCUT2D eigenvalue weighted by molar-refractivity contribution is 6.01. The monoisotopic (exact) mass is 363 g/mol.